The van der Waals surface area contributed by atoms with Gasteiger partial charge in [-0.25, -0.2) is 4.85 Å². The highest BCUT2D eigenvalue weighted by Crippen LogP contribution is 2.44. The summed E-state index contributed by atoms with van der Waals surface area (Å²) in [5.74, 6) is 0. The molecule has 0 unspecified atom stereocenters. The molecule has 4 nitrogen and oxygen atoms in total. The van der Waals surface area contributed by atoms with Gasteiger partial charge < -0.3 is 9.13 Å². The van der Waals surface area contributed by atoms with Crippen molar-refractivity contribution < 1.29 is 0 Å². The van der Waals surface area contributed by atoms with Crippen LogP contribution in [0.3, 0.4) is 0 Å². The lowest BCUT2D eigenvalue weighted by molar-refractivity contribution is 1.17. The Hall–Kier alpha value is -6.10. The van der Waals surface area contributed by atoms with E-state index in [-0.39, 0.29) is 0 Å². The molecule has 0 spiro atoms. The van der Waals surface area contributed by atoms with Crippen molar-refractivity contribution in [1.82, 2.24) is 9.13 Å². The Morgan fingerprint density at radius 1 is 0.524 bits per heavy atom. The molecule has 42 heavy (non-hydrogen) atoms. The maximum absolute atomic E-state index is 9.84. The summed E-state index contributed by atoms with van der Waals surface area (Å²) in [4.78, 5) is 3.90. The van der Waals surface area contributed by atoms with Crippen molar-refractivity contribution in [2.45, 2.75) is 0 Å². The minimum atomic E-state index is 0.513. The van der Waals surface area contributed by atoms with Gasteiger partial charge in [0.05, 0.1) is 40.3 Å². The van der Waals surface area contributed by atoms with Crippen LogP contribution in [0.2, 0.25) is 0 Å². The summed E-state index contributed by atoms with van der Waals surface area (Å²) in [5.41, 5.74) is 9.06. The number of rotatable bonds is 3. The van der Waals surface area contributed by atoms with Crippen LogP contribution in [0.15, 0.2) is 133 Å². The summed E-state index contributed by atoms with van der Waals surface area (Å²) < 4.78 is 4.59. The summed E-state index contributed by atoms with van der Waals surface area (Å²) in [7, 11) is 0. The predicted molar refractivity (Wildman–Crippen MR) is 172 cm³/mol. The standard InChI is InChI=1S/C38H22N4/c1-40-34-20-19-25(24-39)21-31(34)33-23-27(41-35-16-8-5-13-28(35)29-14-6-9-17-36(29)41)22-32-30-15-7-10-18-37(30)42(38(32)33)26-11-3-2-4-12-26/h2-23H. The Kier molecular flexibility index (Phi) is 5.22. The van der Waals surface area contributed by atoms with Crippen molar-refractivity contribution in [3.05, 3.63) is 150 Å². The van der Waals surface area contributed by atoms with Gasteiger partial charge in [0, 0.05) is 32.9 Å². The predicted octanol–water partition coefficient (Wildman–Crippen LogP) is 9.97. The highest BCUT2D eigenvalue weighted by Gasteiger charge is 2.21. The minimum absolute atomic E-state index is 0.513. The Bertz CT molecular complexity index is 2380. The molecular formula is C38H22N4. The first-order valence-corrected chi connectivity index (χ1v) is 13.8. The average molecular weight is 535 g/mol. The number of para-hydroxylation sites is 4. The van der Waals surface area contributed by atoms with Crippen LogP contribution in [-0.2, 0) is 0 Å². The van der Waals surface area contributed by atoms with Crippen molar-refractivity contribution in [1.29, 1.82) is 5.26 Å². The third-order valence-electron chi connectivity index (χ3n) is 8.14. The molecule has 0 bridgehead atoms. The quantitative estimate of drug-likeness (QED) is 0.208. The monoisotopic (exact) mass is 534 g/mol. The van der Waals surface area contributed by atoms with Gasteiger partial charge >= 0.3 is 0 Å². The Morgan fingerprint density at radius 3 is 1.71 bits per heavy atom. The van der Waals surface area contributed by atoms with E-state index in [1.54, 1.807) is 12.1 Å². The fraction of sp³-hybridized carbons (Fsp3) is 0. The van der Waals surface area contributed by atoms with E-state index in [1.165, 1.54) is 10.8 Å². The van der Waals surface area contributed by atoms with Crippen LogP contribution in [0.25, 0.3) is 71.0 Å². The molecule has 0 N–H and O–H groups in total. The smallest absolute Gasteiger partial charge is 0.195 e. The fourth-order valence-electron chi connectivity index (χ4n) is 6.38. The number of aromatic nitrogens is 2. The normalized spacial score (nSPS) is 11.3. The topological polar surface area (TPSA) is 38.0 Å². The molecule has 0 amide bonds. The van der Waals surface area contributed by atoms with Gasteiger partial charge in [-0.3, -0.25) is 0 Å². The SMILES string of the molecule is [C-]#[N+]c1ccc(C#N)cc1-c1cc(-n2c3ccccc3c3ccccc32)cc2c3ccccc3n(-c3ccccc3)c12. The second-order valence-corrected chi connectivity index (χ2v) is 10.4. The summed E-state index contributed by atoms with van der Waals surface area (Å²) in [6.07, 6.45) is 0. The van der Waals surface area contributed by atoms with E-state index in [0.29, 0.717) is 11.3 Å². The van der Waals surface area contributed by atoms with E-state index >= 15 is 0 Å². The zero-order valence-corrected chi connectivity index (χ0v) is 22.5. The third kappa shape index (κ3) is 3.40. The Balaban J connectivity index is 1.60. The van der Waals surface area contributed by atoms with Gasteiger partial charge in [0.2, 0.25) is 0 Å². The van der Waals surface area contributed by atoms with E-state index in [1.807, 2.05) is 24.3 Å². The Labute approximate surface area is 242 Å². The maximum atomic E-state index is 9.84. The van der Waals surface area contributed by atoms with E-state index < -0.39 is 0 Å². The molecule has 0 saturated carbocycles. The molecule has 6 aromatic carbocycles. The molecule has 0 fully saturated rings. The van der Waals surface area contributed by atoms with Crippen LogP contribution in [0, 0.1) is 17.9 Å². The molecule has 0 aliphatic heterocycles. The number of benzene rings is 6. The van der Waals surface area contributed by atoms with Crippen molar-refractivity contribution in [2.24, 2.45) is 0 Å². The molecule has 4 heteroatoms. The van der Waals surface area contributed by atoms with Gasteiger partial charge in [0.1, 0.15) is 0 Å². The lowest BCUT2D eigenvalue weighted by Gasteiger charge is -2.16. The van der Waals surface area contributed by atoms with Crippen molar-refractivity contribution in [3.63, 3.8) is 0 Å². The number of nitriles is 1. The van der Waals surface area contributed by atoms with Gasteiger partial charge in [0.25, 0.3) is 0 Å². The van der Waals surface area contributed by atoms with Crippen molar-refractivity contribution >= 4 is 49.3 Å². The molecule has 8 aromatic rings. The highest BCUT2D eigenvalue weighted by atomic mass is 15.0. The molecule has 0 atom stereocenters. The van der Waals surface area contributed by atoms with E-state index in [9.17, 15) is 5.26 Å². The summed E-state index contributed by atoms with van der Waals surface area (Å²) in [5, 5.41) is 14.4. The van der Waals surface area contributed by atoms with Gasteiger partial charge in [0.15, 0.2) is 5.69 Å². The van der Waals surface area contributed by atoms with E-state index in [4.69, 9.17) is 6.57 Å². The van der Waals surface area contributed by atoms with Crippen LogP contribution >= 0.6 is 0 Å². The average Bonchev–Trinajstić information content (AvgIpc) is 3.57. The van der Waals surface area contributed by atoms with E-state index in [0.717, 1.165) is 55.3 Å². The second-order valence-electron chi connectivity index (χ2n) is 10.4. The summed E-state index contributed by atoms with van der Waals surface area (Å²) >= 11 is 0. The zero-order valence-electron chi connectivity index (χ0n) is 22.5. The van der Waals surface area contributed by atoms with Gasteiger partial charge in [-0.15, -0.1) is 0 Å². The molecule has 194 valence electrons. The maximum Gasteiger partial charge on any atom is 0.195 e. The van der Waals surface area contributed by atoms with Crippen LogP contribution in [0.5, 0.6) is 0 Å². The van der Waals surface area contributed by atoms with Crippen molar-refractivity contribution in [2.75, 3.05) is 0 Å². The molecule has 2 heterocycles. The first-order chi connectivity index (χ1) is 20.8. The van der Waals surface area contributed by atoms with Crippen LogP contribution in [-0.4, -0.2) is 9.13 Å². The molecule has 0 aliphatic carbocycles. The summed E-state index contributed by atoms with van der Waals surface area (Å²) in [6, 6.07) is 47.8. The first kappa shape index (κ1) is 23.8. The van der Waals surface area contributed by atoms with Crippen LogP contribution < -0.4 is 0 Å². The molecular weight excluding hydrogens is 512 g/mol. The van der Waals surface area contributed by atoms with Gasteiger partial charge in [-0.2, -0.15) is 5.26 Å². The molecule has 0 radical (unpaired) electrons. The lowest BCUT2D eigenvalue weighted by atomic mass is 9.97. The first-order valence-electron chi connectivity index (χ1n) is 13.8. The van der Waals surface area contributed by atoms with Gasteiger partial charge in [-0.1, -0.05) is 84.9 Å². The van der Waals surface area contributed by atoms with E-state index in [2.05, 4.69) is 117 Å². The lowest BCUT2D eigenvalue weighted by Crippen LogP contribution is -1.98. The number of hydrogen-bond donors (Lipinski definition) is 0. The summed E-state index contributed by atoms with van der Waals surface area (Å²) in [6.45, 7) is 8.03. The largest absolute Gasteiger partial charge is 0.309 e. The zero-order chi connectivity index (χ0) is 28.2. The number of hydrogen-bond acceptors (Lipinski definition) is 1. The second kappa shape index (κ2) is 9.24. The Morgan fingerprint density at radius 2 is 1.10 bits per heavy atom. The molecule has 0 aliphatic rings. The molecule has 8 rings (SSSR count). The highest BCUT2D eigenvalue weighted by molar-refractivity contribution is 6.16. The molecule has 2 aromatic heterocycles. The fourth-order valence-corrected chi connectivity index (χ4v) is 6.38. The number of fused-ring (bicyclic) bond motifs is 6. The van der Waals surface area contributed by atoms with Crippen LogP contribution in [0.1, 0.15) is 5.56 Å². The van der Waals surface area contributed by atoms with Crippen molar-refractivity contribution in [3.8, 4) is 28.6 Å². The molecule has 0 saturated heterocycles. The van der Waals surface area contributed by atoms with Gasteiger partial charge in [-0.05, 0) is 59.7 Å². The minimum Gasteiger partial charge on any atom is -0.309 e. The van der Waals surface area contributed by atoms with Crippen LogP contribution in [0.4, 0.5) is 5.69 Å². The third-order valence-corrected chi connectivity index (χ3v) is 8.14. The number of nitrogens with zero attached hydrogens (tertiary/aromatic N) is 4.